The first-order valence-electron chi connectivity index (χ1n) is 9.11. The maximum Gasteiger partial charge on any atom is 0.256 e. The van der Waals surface area contributed by atoms with Gasteiger partial charge in [0, 0.05) is 37.2 Å². The maximum atomic E-state index is 13.4. The van der Waals surface area contributed by atoms with Gasteiger partial charge in [-0.1, -0.05) is 18.2 Å². The molecule has 6 heteroatoms. The topological polar surface area (TPSA) is 63.1 Å². The second-order valence-corrected chi connectivity index (χ2v) is 6.58. The molecule has 2 aromatic heterocycles. The number of nitrogens with one attached hydrogen (secondary N) is 1. The van der Waals surface area contributed by atoms with Gasteiger partial charge in [0.05, 0.1) is 29.7 Å². The molecule has 0 unspecified atom stereocenters. The molecule has 1 atom stereocenters. The standard InChI is InChI=1S/C20H23N5O/c1-3-24-13-15(14-7-4-5-8-17(14)24)20(26)25-10-6-9-18(25)16-11-22-12-19(21-2)23-16/h4-5,7-8,11-13,18H,3,6,9-10H2,1-2H3,(H,21,23)/t18-/m0/s1. The van der Waals surface area contributed by atoms with Crippen molar-refractivity contribution in [3.8, 4) is 0 Å². The Labute approximate surface area is 152 Å². The van der Waals surface area contributed by atoms with Crippen LogP contribution in [0.15, 0.2) is 42.9 Å². The van der Waals surface area contributed by atoms with E-state index in [9.17, 15) is 4.79 Å². The van der Waals surface area contributed by atoms with Crippen LogP contribution in [-0.2, 0) is 6.54 Å². The van der Waals surface area contributed by atoms with E-state index in [0.29, 0.717) is 0 Å². The average molecular weight is 349 g/mol. The Hall–Kier alpha value is -2.89. The lowest BCUT2D eigenvalue weighted by molar-refractivity contribution is 0.0734. The molecule has 1 aliphatic heterocycles. The van der Waals surface area contributed by atoms with Crippen molar-refractivity contribution in [1.82, 2.24) is 19.4 Å². The van der Waals surface area contributed by atoms with Gasteiger partial charge in [0.1, 0.15) is 5.82 Å². The molecular formula is C20H23N5O. The second kappa shape index (κ2) is 6.78. The number of amides is 1. The molecule has 134 valence electrons. The highest BCUT2D eigenvalue weighted by molar-refractivity contribution is 6.07. The highest BCUT2D eigenvalue weighted by atomic mass is 16.2. The predicted octanol–water partition coefficient (Wildman–Crippen LogP) is 3.47. The summed E-state index contributed by atoms with van der Waals surface area (Å²) in [6.07, 6.45) is 7.35. The smallest absolute Gasteiger partial charge is 0.256 e. The second-order valence-electron chi connectivity index (χ2n) is 6.58. The molecule has 0 bridgehead atoms. The Kier molecular flexibility index (Phi) is 4.32. The summed E-state index contributed by atoms with van der Waals surface area (Å²) >= 11 is 0. The Morgan fingerprint density at radius 2 is 2.15 bits per heavy atom. The van der Waals surface area contributed by atoms with Crippen LogP contribution in [0.3, 0.4) is 0 Å². The summed E-state index contributed by atoms with van der Waals surface area (Å²) < 4.78 is 2.13. The molecule has 1 aliphatic rings. The zero-order valence-corrected chi connectivity index (χ0v) is 15.1. The van der Waals surface area contributed by atoms with Crippen molar-refractivity contribution in [2.45, 2.75) is 32.4 Å². The molecule has 0 radical (unpaired) electrons. The van der Waals surface area contributed by atoms with Crippen molar-refractivity contribution >= 4 is 22.6 Å². The van der Waals surface area contributed by atoms with E-state index in [2.05, 4.69) is 32.8 Å². The number of benzene rings is 1. The Morgan fingerprint density at radius 1 is 1.31 bits per heavy atom. The highest BCUT2D eigenvalue weighted by Gasteiger charge is 2.33. The summed E-state index contributed by atoms with van der Waals surface area (Å²) in [5, 5.41) is 4.04. The molecule has 0 aliphatic carbocycles. The fourth-order valence-corrected chi connectivity index (χ4v) is 3.81. The van der Waals surface area contributed by atoms with Gasteiger partial charge in [-0.3, -0.25) is 9.78 Å². The molecule has 0 saturated carbocycles. The third-order valence-corrected chi connectivity index (χ3v) is 5.12. The van der Waals surface area contributed by atoms with Gasteiger partial charge in [0.2, 0.25) is 0 Å². The van der Waals surface area contributed by atoms with Gasteiger partial charge in [-0.2, -0.15) is 0 Å². The summed E-state index contributed by atoms with van der Waals surface area (Å²) in [5.41, 5.74) is 2.72. The van der Waals surface area contributed by atoms with E-state index in [0.717, 1.165) is 53.9 Å². The number of hydrogen-bond donors (Lipinski definition) is 1. The van der Waals surface area contributed by atoms with Gasteiger partial charge >= 0.3 is 0 Å². The number of carbonyl (C=O) groups excluding carboxylic acids is 1. The summed E-state index contributed by atoms with van der Waals surface area (Å²) in [6.45, 7) is 3.69. The van der Waals surface area contributed by atoms with Crippen molar-refractivity contribution < 1.29 is 4.79 Å². The maximum absolute atomic E-state index is 13.4. The molecule has 0 spiro atoms. The van der Waals surface area contributed by atoms with E-state index < -0.39 is 0 Å². The SMILES string of the molecule is CCn1cc(C(=O)N2CCC[C@H]2c2cncc(NC)n2)c2ccccc21. The molecule has 3 heterocycles. The molecule has 1 fully saturated rings. The Morgan fingerprint density at radius 3 is 2.96 bits per heavy atom. The van der Waals surface area contributed by atoms with E-state index in [-0.39, 0.29) is 11.9 Å². The summed E-state index contributed by atoms with van der Waals surface area (Å²) in [7, 11) is 1.82. The number of carbonyl (C=O) groups is 1. The fraction of sp³-hybridized carbons (Fsp3) is 0.350. The minimum atomic E-state index is -0.0213. The van der Waals surface area contributed by atoms with Crippen molar-refractivity contribution in [3.05, 3.63) is 54.1 Å². The van der Waals surface area contributed by atoms with Crippen LogP contribution in [0.2, 0.25) is 0 Å². The number of hydrogen-bond acceptors (Lipinski definition) is 4. The third-order valence-electron chi connectivity index (χ3n) is 5.12. The molecule has 26 heavy (non-hydrogen) atoms. The first-order valence-corrected chi connectivity index (χ1v) is 9.11. The number of nitrogens with zero attached hydrogens (tertiary/aromatic N) is 4. The first-order chi connectivity index (χ1) is 12.7. The summed E-state index contributed by atoms with van der Waals surface area (Å²) in [5.74, 6) is 0.803. The number of aromatic nitrogens is 3. The van der Waals surface area contributed by atoms with Crippen molar-refractivity contribution in [2.24, 2.45) is 0 Å². The number of anilines is 1. The number of aryl methyl sites for hydroxylation is 1. The molecule has 6 nitrogen and oxygen atoms in total. The van der Waals surface area contributed by atoms with Gasteiger partial charge in [0.25, 0.3) is 5.91 Å². The third kappa shape index (κ3) is 2.71. The number of para-hydroxylation sites is 1. The average Bonchev–Trinajstić information content (AvgIpc) is 3.32. The molecule has 1 N–H and O–H groups in total. The van der Waals surface area contributed by atoms with E-state index in [1.54, 1.807) is 12.4 Å². The van der Waals surface area contributed by atoms with Crippen molar-refractivity contribution in [2.75, 3.05) is 18.9 Å². The van der Waals surface area contributed by atoms with Gasteiger partial charge in [-0.15, -0.1) is 0 Å². The molecule has 4 rings (SSSR count). The van der Waals surface area contributed by atoms with E-state index in [4.69, 9.17) is 0 Å². The van der Waals surface area contributed by atoms with Crippen molar-refractivity contribution in [1.29, 1.82) is 0 Å². The number of fused-ring (bicyclic) bond motifs is 1. The summed E-state index contributed by atoms with van der Waals surface area (Å²) in [4.78, 5) is 24.2. The zero-order chi connectivity index (χ0) is 18.1. The van der Waals surface area contributed by atoms with Crippen LogP contribution in [-0.4, -0.2) is 38.9 Å². The lowest BCUT2D eigenvalue weighted by Crippen LogP contribution is -2.31. The van der Waals surface area contributed by atoms with E-state index in [1.165, 1.54) is 0 Å². The minimum absolute atomic E-state index is 0.0213. The highest BCUT2D eigenvalue weighted by Crippen LogP contribution is 2.34. The lowest BCUT2D eigenvalue weighted by atomic mass is 10.1. The zero-order valence-electron chi connectivity index (χ0n) is 15.1. The number of likely N-dealkylation sites (tertiary alicyclic amines) is 1. The van der Waals surface area contributed by atoms with E-state index in [1.807, 2.05) is 36.3 Å². The van der Waals surface area contributed by atoms with Gasteiger partial charge < -0.3 is 14.8 Å². The van der Waals surface area contributed by atoms with E-state index >= 15 is 0 Å². The van der Waals surface area contributed by atoms with Crippen molar-refractivity contribution in [3.63, 3.8) is 0 Å². The summed E-state index contributed by atoms with van der Waals surface area (Å²) in [6, 6.07) is 8.08. The first kappa shape index (κ1) is 16.6. The van der Waals surface area contributed by atoms with Crippen LogP contribution in [0, 0.1) is 0 Å². The largest absolute Gasteiger partial charge is 0.372 e. The van der Waals surface area contributed by atoms with Gasteiger partial charge in [-0.05, 0) is 25.8 Å². The predicted molar refractivity (Wildman–Crippen MR) is 102 cm³/mol. The Bertz CT molecular complexity index is 948. The molecule has 1 amide bonds. The Balaban J connectivity index is 1.71. The molecular weight excluding hydrogens is 326 g/mol. The minimum Gasteiger partial charge on any atom is -0.372 e. The normalized spacial score (nSPS) is 17.0. The van der Waals surface area contributed by atoms with Gasteiger partial charge in [-0.25, -0.2) is 4.98 Å². The van der Waals surface area contributed by atoms with Crippen LogP contribution < -0.4 is 5.32 Å². The molecule has 3 aromatic rings. The van der Waals surface area contributed by atoms with Crippen LogP contribution in [0.4, 0.5) is 5.82 Å². The van der Waals surface area contributed by atoms with Crippen LogP contribution >= 0.6 is 0 Å². The van der Waals surface area contributed by atoms with Crippen LogP contribution in [0.25, 0.3) is 10.9 Å². The number of rotatable bonds is 4. The molecule has 1 saturated heterocycles. The molecule has 1 aromatic carbocycles. The fourth-order valence-electron chi connectivity index (χ4n) is 3.81. The van der Waals surface area contributed by atoms with Gasteiger partial charge in [0.15, 0.2) is 0 Å². The van der Waals surface area contributed by atoms with Crippen LogP contribution in [0.1, 0.15) is 41.9 Å². The monoisotopic (exact) mass is 349 g/mol. The van der Waals surface area contributed by atoms with Crippen LogP contribution in [0.5, 0.6) is 0 Å². The quantitative estimate of drug-likeness (QED) is 0.783. The lowest BCUT2D eigenvalue weighted by Gasteiger charge is -2.24.